The Bertz CT molecular complexity index is 549. The Kier molecular flexibility index (Phi) is 2.88. The van der Waals surface area contributed by atoms with Crippen molar-refractivity contribution in [2.75, 3.05) is 6.61 Å². The molecule has 1 aromatic heterocycles. The van der Waals surface area contributed by atoms with Crippen LogP contribution >= 0.6 is 15.9 Å². The van der Waals surface area contributed by atoms with E-state index in [0.29, 0.717) is 5.52 Å². The first kappa shape index (κ1) is 11.2. The maximum atomic E-state index is 13.9. The number of halogens is 2. The Morgan fingerprint density at radius 2 is 2.29 bits per heavy atom. The number of fused-ring (bicyclic) bond motifs is 1. The van der Waals surface area contributed by atoms with Crippen LogP contribution in [0, 0.1) is 5.82 Å². The SMILES string of the molecule is Fc1cc(Br)cc2cnn([C@H]3CCCCO3)c12. The van der Waals surface area contributed by atoms with Gasteiger partial charge in [-0.2, -0.15) is 5.10 Å². The molecule has 0 spiro atoms. The van der Waals surface area contributed by atoms with E-state index in [1.807, 2.05) is 6.07 Å². The van der Waals surface area contributed by atoms with E-state index in [-0.39, 0.29) is 12.0 Å². The molecule has 0 saturated carbocycles. The molecule has 1 saturated heterocycles. The third kappa shape index (κ3) is 1.98. The molecule has 1 aliphatic rings. The summed E-state index contributed by atoms with van der Waals surface area (Å²) in [6.45, 7) is 0.726. The van der Waals surface area contributed by atoms with Crippen LogP contribution in [0.4, 0.5) is 4.39 Å². The average molecular weight is 299 g/mol. The fraction of sp³-hybridized carbons (Fsp3) is 0.417. The van der Waals surface area contributed by atoms with E-state index in [9.17, 15) is 4.39 Å². The Hall–Kier alpha value is -0.940. The van der Waals surface area contributed by atoms with Crippen molar-refractivity contribution in [3.63, 3.8) is 0 Å². The highest BCUT2D eigenvalue weighted by Gasteiger charge is 2.20. The van der Waals surface area contributed by atoms with E-state index in [1.165, 1.54) is 6.07 Å². The van der Waals surface area contributed by atoms with Gasteiger partial charge in [0.1, 0.15) is 11.3 Å². The van der Waals surface area contributed by atoms with Crippen molar-refractivity contribution in [1.29, 1.82) is 0 Å². The average Bonchev–Trinajstić information content (AvgIpc) is 2.74. The van der Waals surface area contributed by atoms with Gasteiger partial charge in [-0.15, -0.1) is 0 Å². The van der Waals surface area contributed by atoms with Crippen LogP contribution in [-0.2, 0) is 4.74 Å². The smallest absolute Gasteiger partial charge is 0.150 e. The number of hydrogen-bond donors (Lipinski definition) is 0. The molecule has 0 radical (unpaired) electrons. The van der Waals surface area contributed by atoms with Crippen LogP contribution in [-0.4, -0.2) is 16.4 Å². The van der Waals surface area contributed by atoms with Gasteiger partial charge in [-0.3, -0.25) is 0 Å². The van der Waals surface area contributed by atoms with Gasteiger partial charge in [0, 0.05) is 16.5 Å². The standard InChI is InChI=1S/C12H12BrFN2O/c13-9-5-8-7-15-16(12(8)10(14)6-9)11-3-1-2-4-17-11/h5-7,11H,1-4H2/t11-/m1/s1. The normalized spacial score (nSPS) is 20.9. The second-order valence-corrected chi connectivity index (χ2v) is 5.15. The topological polar surface area (TPSA) is 27.1 Å². The predicted molar refractivity (Wildman–Crippen MR) is 66.2 cm³/mol. The lowest BCUT2D eigenvalue weighted by Gasteiger charge is -2.23. The monoisotopic (exact) mass is 298 g/mol. The van der Waals surface area contributed by atoms with Gasteiger partial charge in [-0.25, -0.2) is 9.07 Å². The third-order valence-corrected chi connectivity index (χ3v) is 3.49. The molecular formula is C12H12BrFN2O. The lowest BCUT2D eigenvalue weighted by atomic mass is 10.2. The number of rotatable bonds is 1. The number of aromatic nitrogens is 2. The van der Waals surface area contributed by atoms with Gasteiger partial charge in [0.05, 0.1) is 6.20 Å². The summed E-state index contributed by atoms with van der Waals surface area (Å²) in [7, 11) is 0. The van der Waals surface area contributed by atoms with E-state index in [4.69, 9.17) is 4.74 Å². The molecule has 1 atom stereocenters. The van der Waals surface area contributed by atoms with Gasteiger partial charge in [-0.05, 0) is 31.4 Å². The maximum absolute atomic E-state index is 13.9. The summed E-state index contributed by atoms with van der Waals surface area (Å²) in [6, 6.07) is 3.33. The Balaban J connectivity index is 2.10. The molecule has 0 bridgehead atoms. The van der Waals surface area contributed by atoms with Gasteiger partial charge in [0.2, 0.25) is 0 Å². The number of benzene rings is 1. The Morgan fingerprint density at radius 1 is 1.41 bits per heavy atom. The van der Waals surface area contributed by atoms with Crippen molar-refractivity contribution in [2.45, 2.75) is 25.5 Å². The van der Waals surface area contributed by atoms with Crippen LogP contribution < -0.4 is 0 Å². The van der Waals surface area contributed by atoms with Gasteiger partial charge < -0.3 is 4.74 Å². The summed E-state index contributed by atoms with van der Waals surface area (Å²) < 4.78 is 22.0. The zero-order valence-electron chi connectivity index (χ0n) is 9.20. The molecule has 2 heterocycles. The molecule has 2 aromatic rings. The van der Waals surface area contributed by atoms with Crippen LogP contribution in [0.5, 0.6) is 0 Å². The summed E-state index contributed by atoms with van der Waals surface area (Å²) in [4.78, 5) is 0. The summed E-state index contributed by atoms with van der Waals surface area (Å²) in [5.41, 5.74) is 0.528. The highest BCUT2D eigenvalue weighted by molar-refractivity contribution is 9.10. The zero-order valence-corrected chi connectivity index (χ0v) is 10.8. The first-order chi connectivity index (χ1) is 8.25. The molecule has 1 aliphatic heterocycles. The minimum absolute atomic E-state index is 0.128. The second-order valence-electron chi connectivity index (χ2n) is 4.24. The first-order valence-electron chi connectivity index (χ1n) is 5.69. The van der Waals surface area contributed by atoms with Crippen molar-refractivity contribution in [3.05, 3.63) is 28.6 Å². The highest BCUT2D eigenvalue weighted by Crippen LogP contribution is 2.29. The molecule has 3 nitrogen and oxygen atoms in total. The minimum Gasteiger partial charge on any atom is -0.356 e. The van der Waals surface area contributed by atoms with E-state index < -0.39 is 0 Å². The van der Waals surface area contributed by atoms with Crippen LogP contribution in [0.1, 0.15) is 25.5 Å². The van der Waals surface area contributed by atoms with Crippen LogP contribution in [0.25, 0.3) is 10.9 Å². The fourth-order valence-electron chi connectivity index (χ4n) is 2.24. The molecular weight excluding hydrogens is 287 g/mol. The van der Waals surface area contributed by atoms with E-state index >= 15 is 0 Å². The quantitative estimate of drug-likeness (QED) is 0.804. The molecule has 0 unspecified atom stereocenters. The zero-order chi connectivity index (χ0) is 11.8. The van der Waals surface area contributed by atoms with Gasteiger partial charge in [-0.1, -0.05) is 15.9 Å². The summed E-state index contributed by atoms with van der Waals surface area (Å²) in [5, 5.41) is 5.05. The molecule has 1 fully saturated rings. The highest BCUT2D eigenvalue weighted by atomic mass is 79.9. The van der Waals surface area contributed by atoms with Gasteiger partial charge in [0.15, 0.2) is 6.23 Å². The predicted octanol–water partition coefficient (Wildman–Crippen LogP) is 3.64. The summed E-state index contributed by atoms with van der Waals surface area (Å²) >= 11 is 3.28. The van der Waals surface area contributed by atoms with Crippen molar-refractivity contribution >= 4 is 26.8 Å². The van der Waals surface area contributed by atoms with Gasteiger partial charge in [0.25, 0.3) is 0 Å². The lowest BCUT2D eigenvalue weighted by Crippen LogP contribution is -2.19. The van der Waals surface area contributed by atoms with E-state index in [1.54, 1.807) is 10.9 Å². The lowest BCUT2D eigenvalue weighted by molar-refractivity contribution is -0.0369. The molecule has 0 amide bonds. The third-order valence-electron chi connectivity index (χ3n) is 3.04. The molecule has 0 aliphatic carbocycles. The van der Waals surface area contributed by atoms with E-state index in [0.717, 1.165) is 35.7 Å². The Morgan fingerprint density at radius 3 is 3.06 bits per heavy atom. The second kappa shape index (κ2) is 4.38. The Labute approximate surface area is 107 Å². The van der Waals surface area contributed by atoms with E-state index in [2.05, 4.69) is 21.0 Å². The molecule has 1 aromatic carbocycles. The molecule has 90 valence electrons. The van der Waals surface area contributed by atoms with Crippen LogP contribution in [0.3, 0.4) is 0 Å². The van der Waals surface area contributed by atoms with Crippen molar-refractivity contribution in [3.8, 4) is 0 Å². The van der Waals surface area contributed by atoms with Crippen LogP contribution in [0.2, 0.25) is 0 Å². The summed E-state index contributed by atoms with van der Waals surface area (Å²) in [6.07, 6.45) is 4.62. The number of hydrogen-bond acceptors (Lipinski definition) is 2. The largest absolute Gasteiger partial charge is 0.356 e. The molecule has 3 rings (SSSR count). The van der Waals surface area contributed by atoms with Crippen molar-refractivity contribution in [1.82, 2.24) is 9.78 Å². The fourth-order valence-corrected chi connectivity index (χ4v) is 2.69. The first-order valence-corrected chi connectivity index (χ1v) is 6.49. The van der Waals surface area contributed by atoms with Crippen molar-refractivity contribution in [2.24, 2.45) is 0 Å². The minimum atomic E-state index is -0.263. The number of nitrogens with zero attached hydrogens (tertiary/aromatic N) is 2. The molecule has 17 heavy (non-hydrogen) atoms. The van der Waals surface area contributed by atoms with Crippen molar-refractivity contribution < 1.29 is 9.13 Å². The molecule has 5 heteroatoms. The maximum Gasteiger partial charge on any atom is 0.150 e. The van der Waals surface area contributed by atoms with Crippen LogP contribution in [0.15, 0.2) is 22.8 Å². The number of ether oxygens (including phenoxy) is 1. The van der Waals surface area contributed by atoms with Gasteiger partial charge >= 0.3 is 0 Å². The molecule has 0 N–H and O–H groups in total. The summed E-state index contributed by atoms with van der Waals surface area (Å²) in [5.74, 6) is -0.263.